The molecule has 2 atom stereocenters. The standard InChI is InChI=1S/C20H24N2O/c1-4-16(12-17(5-1)18-6-2-9-21-13-18)14-22-10-8-20-19(15-22)7-3-11-23-20/h1-2,4-6,9,12-13,19-20H,3,7-8,10-11,14-15H2/t19-,20+/m1/s1. The van der Waals surface area contributed by atoms with E-state index in [0.29, 0.717) is 6.10 Å². The number of likely N-dealkylation sites (tertiary alicyclic amines) is 1. The summed E-state index contributed by atoms with van der Waals surface area (Å²) in [6.45, 7) is 4.34. The summed E-state index contributed by atoms with van der Waals surface area (Å²) in [6, 6.07) is 13.0. The van der Waals surface area contributed by atoms with Crippen LogP contribution in [0.25, 0.3) is 11.1 Å². The summed E-state index contributed by atoms with van der Waals surface area (Å²) >= 11 is 0. The van der Waals surface area contributed by atoms with Crippen LogP contribution < -0.4 is 0 Å². The zero-order valence-corrected chi connectivity index (χ0v) is 13.5. The van der Waals surface area contributed by atoms with Crippen LogP contribution in [0.1, 0.15) is 24.8 Å². The summed E-state index contributed by atoms with van der Waals surface area (Å²) in [7, 11) is 0. The van der Waals surface area contributed by atoms with Gasteiger partial charge in [-0.1, -0.05) is 24.3 Å². The van der Waals surface area contributed by atoms with Crippen molar-refractivity contribution in [3.63, 3.8) is 0 Å². The Kier molecular flexibility index (Phi) is 4.40. The van der Waals surface area contributed by atoms with Gasteiger partial charge in [0.2, 0.25) is 0 Å². The fraction of sp³-hybridized carbons (Fsp3) is 0.450. The lowest BCUT2D eigenvalue weighted by Crippen LogP contribution is -2.45. The molecule has 3 heteroatoms. The van der Waals surface area contributed by atoms with Crippen molar-refractivity contribution >= 4 is 0 Å². The average molecular weight is 308 g/mol. The maximum absolute atomic E-state index is 5.92. The molecule has 0 N–H and O–H groups in total. The highest BCUT2D eigenvalue weighted by molar-refractivity contribution is 5.62. The first-order valence-corrected chi connectivity index (χ1v) is 8.72. The van der Waals surface area contributed by atoms with Gasteiger partial charge in [-0.15, -0.1) is 0 Å². The molecule has 0 amide bonds. The third-order valence-corrected chi connectivity index (χ3v) is 5.13. The highest BCUT2D eigenvalue weighted by atomic mass is 16.5. The summed E-state index contributed by atoms with van der Waals surface area (Å²) in [5.41, 5.74) is 3.83. The molecule has 2 saturated heterocycles. The summed E-state index contributed by atoms with van der Waals surface area (Å²) in [4.78, 5) is 6.82. The maximum atomic E-state index is 5.92. The van der Waals surface area contributed by atoms with Gasteiger partial charge in [0, 0.05) is 38.6 Å². The van der Waals surface area contributed by atoms with Gasteiger partial charge in [-0.2, -0.15) is 0 Å². The molecule has 120 valence electrons. The molecule has 2 aliphatic rings. The molecule has 3 nitrogen and oxygen atoms in total. The van der Waals surface area contributed by atoms with E-state index in [4.69, 9.17) is 4.74 Å². The first kappa shape index (κ1) is 14.9. The largest absolute Gasteiger partial charge is 0.378 e. The van der Waals surface area contributed by atoms with Crippen molar-refractivity contribution in [2.45, 2.75) is 31.9 Å². The van der Waals surface area contributed by atoms with Crippen molar-refractivity contribution in [1.29, 1.82) is 0 Å². The Balaban J connectivity index is 1.45. The fourth-order valence-corrected chi connectivity index (χ4v) is 3.95. The molecule has 0 bridgehead atoms. The van der Waals surface area contributed by atoms with Gasteiger partial charge >= 0.3 is 0 Å². The van der Waals surface area contributed by atoms with Gasteiger partial charge in [-0.05, 0) is 54.0 Å². The highest BCUT2D eigenvalue weighted by Crippen LogP contribution is 2.29. The number of hydrogen-bond donors (Lipinski definition) is 0. The predicted molar refractivity (Wildman–Crippen MR) is 92.0 cm³/mol. The number of piperidine rings is 1. The van der Waals surface area contributed by atoms with Crippen LogP contribution in [0, 0.1) is 5.92 Å². The number of aromatic nitrogens is 1. The van der Waals surface area contributed by atoms with Crippen LogP contribution in [0.15, 0.2) is 48.8 Å². The monoisotopic (exact) mass is 308 g/mol. The maximum Gasteiger partial charge on any atom is 0.0627 e. The normalized spacial score (nSPS) is 25.0. The Bertz CT molecular complexity index is 643. The summed E-state index contributed by atoms with van der Waals surface area (Å²) in [6.07, 6.45) is 8.02. The van der Waals surface area contributed by atoms with E-state index in [-0.39, 0.29) is 0 Å². The molecule has 4 rings (SSSR count). The SMILES string of the molecule is c1cncc(-c2cccc(CN3CC[C@@H]4OCCC[C@@H]4C3)c2)c1. The smallest absolute Gasteiger partial charge is 0.0627 e. The van der Waals surface area contributed by atoms with E-state index in [1.165, 1.54) is 42.5 Å². The molecule has 0 radical (unpaired) electrons. The Morgan fingerprint density at radius 3 is 3.00 bits per heavy atom. The Labute approximate surface area is 138 Å². The molecule has 23 heavy (non-hydrogen) atoms. The minimum Gasteiger partial charge on any atom is -0.378 e. The number of rotatable bonds is 3. The molecular weight excluding hydrogens is 284 g/mol. The molecule has 2 aromatic rings. The van der Waals surface area contributed by atoms with E-state index in [9.17, 15) is 0 Å². The minimum atomic E-state index is 0.515. The zero-order valence-electron chi connectivity index (χ0n) is 13.5. The number of fused-ring (bicyclic) bond motifs is 1. The molecule has 3 heterocycles. The van der Waals surface area contributed by atoms with Crippen molar-refractivity contribution in [3.8, 4) is 11.1 Å². The lowest BCUT2D eigenvalue weighted by atomic mass is 9.88. The molecule has 1 aromatic heterocycles. The quantitative estimate of drug-likeness (QED) is 0.863. The van der Waals surface area contributed by atoms with Gasteiger partial charge in [0.05, 0.1) is 6.10 Å². The Morgan fingerprint density at radius 1 is 1.13 bits per heavy atom. The summed E-state index contributed by atoms with van der Waals surface area (Å²) in [5, 5.41) is 0. The zero-order chi connectivity index (χ0) is 15.5. The van der Waals surface area contributed by atoms with Crippen LogP contribution in [0.5, 0.6) is 0 Å². The van der Waals surface area contributed by atoms with Crippen LogP contribution in [0.3, 0.4) is 0 Å². The van der Waals surface area contributed by atoms with Gasteiger partial charge < -0.3 is 4.74 Å². The fourth-order valence-electron chi connectivity index (χ4n) is 3.95. The Hall–Kier alpha value is -1.71. The lowest BCUT2D eigenvalue weighted by molar-refractivity contribution is -0.0676. The lowest BCUT2D eigenvalue weighted by Gasteiger charge is -2.41. The van der Waals surface area contributed by atoms with Crippen molar-refractivity contribution in [2.75, 3.05) is 19.7 Å². The van der Waals surface area contributed by atoms with Crippen molar-refractivity contribution in [2.24, 2.45) is 5.92 Å². The number of nitrogens with zero attached hydrogens (tertiary/aromatic N) is 2. The number of benzene rings is 1. The summed E-state index contributed by atoms with van der Waals surface area (Å²) < 4.78 is 5.92. The second-order valence-corrected chi connectivity index (χ2v) is 6.78. The van der Waals surface area contributed by atoms with Gasteiger partial charge in [0.25, 0.3) is 0 Å². The Morgan fingerprint density at radius 2 is 2.09 bits per heavy atom. The molecule has 0 unspecified atom stereocenters. The van der Waals surface area contributed by atoms with E-state index in [2.05, 4.69) is 40.2 Å². The topological polar surface area (TPSA) is 25.4 Å². The first-order valence-electron chi connectivity index (χ1n) is 8.72. The molecule has 0 saturated carbocycles. The van der Waals surface area contributed by atoms with Crippen molar-refractivity contribution in [3.05, 3.63) is 54.4 Å². The van der Waals surface area contributed by atoms with Gasteiger partial charge in [-0.25, -0.2) is 0 Å². The number of hydrogen-bond acceptors (Lipinski definition) is 3. The van der Waals surface area contributed by atoms with E-state index < -0.39 is 0 Å². The first-order chi connectivity index (χ1) is 11.4. The van der Waals surface area contributed by atoms with Crippen molar-refractivity contribution in [1.82, 2.24) is 9.88 Å². The van der Waals surface area contributed by atoms with Gasteiger partial charge in [-0.3, -0.25) is 9.88 Å². The van der Waals surface area contributed by atoms with Crippen LogP contribution in [-0.4, -0.2) is 35.7 Å². The van der Waals surface area contributed by atoms with E-state index in [1.54, 1.807) is 0 Å². The van der Waals surface area contributed by atoms with E-state index >= 15 is 0 Å². The van der Waals surface area contributed by atoms with Gasteiger partial charge in [0.15, 0.2) is 0 Å². The average Bonchev–Trinajstić information content (AvgIpc) is 2.63. The molecule has 2 fully saturated rings. The number of pyridine rings is 1. The van der Waals surface area contributed by atoms with E-state index in [1.807, 2.05) is 18.5 Å². The van der Waals surface area contributed by atoms with Crippen LogP contribution in [-0.2, 0) is 11.3 Å². The molecular formula is C20H24N2O. The van der Waals surface area contributed by atoms with Crippen LogP contribution >= 0.6 is 0 Å². The third-order valence-electron chi connectivity index (χ3n) is 5.13. The highest BCUT2D eigenvalue weighted by Gasteiger charge is 2.31. The predicted octanol–water partition coefficient (Wildman–Crippen LogP) is 3.75. The number of ether oxygens (including phenoxy) is 1. The molecule has 0 spiro atoms. The third kappa shape index (κ3) is 3.46. The molecule has 2 aliphatic heterocycles. The second-order valence-electron chi connectivity index (χ2n) is 6.78. The van der Waals surface area contributed by atoms with Crippen molar-refractivity contribution < 1.29 is 4.74 Å². The van der Waals surface area contributed by atoms with E-state index in [0.717, 1.165) is 25.6 Å². The van der Waals surface area contributed by atoms with Gasteiger partial charge in [0.1, 0.15) is 0 Å². The van der Waals surface area contributed by atoms with Crippen LogP contribution in [0.2, 0.25) is 0 Å². The molecule has 1 aromatic carbocycles. The second kappa shape index (κ2) is 6.81. The minimum absolute atomic E-state index is 0.515. The summed E-state index contributed by atoms with van der Waals surface area (Å²) in [5.74, 6) is 0.735. The van der Waals surface area contributed by atoms with Crippen LogP contribution in [0.4, 0.5) is 0 Å². The molecule has 0 aliphatic carbocycles.